The first-order valence-corrected chi connectivity index (χ1v) is 25.5. The second-order valence-corrected chi connectivity index (χ2v) is 26.0. The Labute approximate surface area is 319 Å². The highest BCUT2D eigenvalue weighted by molar-refractivity contribution is 6.99. The molecule has 14 rings (SSSR count). The zero-order valence-corrected chi connectivity index (χ0v) is 33.7. The van der Waals surface area contributed by atoms with Gasteiger partial charge in [-0.3, -0.25) is 0 Å². The zero-order chi connectivity index (χ0) is 36.6. The Morgan fingerprint density at radius 1 is 0.481 bits per heavy atom. The fraction of sp³-hybridized carbons (Fsp3) is 0.200. The maximum atomic E-state index is 6.20. The molecule has 4 bridgehead atoms. The van der Waals surface area contributed by atoms with Crippen molar-refractivity contribution in [3.05, 3.63) is 206 Å². The summed E-state index contributed by atoms with van der Waals surface area (Å²) < 4.78 is 12.0. The van der Waals surface area contributed by atoms with Crippen molar-refractivity contribution in [3.63, 3.8) is 0 Å². The molecular weight excluding hydrogens is 689 g/mol. The van der Waals surface area contributed by atoms with Gasteiger partial charge in [-0.2, -0.15) is 0 Å². The van der Waals surface area contributed by atoms with E-state index in [1.807, 2.05) is 7.11 Å². The van der Waals surface area contributed by atoms with Crippen LogP contribution in [0.2, 0.25) is 26.2 Å². The summed E-state index contributed by atoms with van der Waals surface area (Å²) in [5, 5.41) is 6.53. The molecule has 4 atom stereocenters. The van der Waals surface area contributed by atoms with Crippen LogP contribution >= 0.6 is 0 Å². The van der Waals surface area contributed by atoms with Crippen molar-refractivity contribution in [2.75, 3.05) is 14.2 Å². The molecule has 2 aliphatic heterocycles. The van der Waals surface area contributed by atoms with Crippen LogP contribution in [0.5, 0.6) is 11.5 Å². The first kappa shape index (κ1) is 31.2. The molecule has 6 aromatic rings. The van der Waals surface area contributed by atoms with Gasteiger partial charge in [0.05, 0.1) is 30.5 Å². The molecule has 3 spiro atoms. The Bertz CT molecular complexity index is 2770. The van der Waals surface area contributed by atoms with Crippen molar-refractivity contribution < 1.29 is 9.47 Å². The molecule has 4 heteroatoms. The molecule has 8 aliphatic rings. The Morgan fingerprint density at radius 2 is 1.04 bits per heavy atom. The lowest BCUT2D eigenvalue weighted by molar-refractivity contribution is 0.318. The molecule has 6 aromatic carbocycles. The summed E-state index contributed by atoms with van der Waals surface area (Å²) in [6.45, 7) is 10.6. The number of allylic oxidation sites excluding steroid dienone is 4. The molecule has 0 saturated heterocycles. The Hall–Kier alpha value is -5.17. The van der Waals surface area contributed by atoms with Gasteiger partial charge in [0, 0.05) is 5.92 Å². The third-order valence-corrected chi connectivity index (χ3v) is 22.3. The maximum Gasteiger partial charge on any atom is 0.119 e. The van der Waals surface area contributed by atoms with Crippen molar-refractivity contribution in [2.45, 2.75) is 48.4 Å². The van der Waals surface area contributed by atoms with Gasteiger partial charge in [0.2, 0.25) is 0 Å². The highest BCUT2D eigenvalue weighted by Crippen LogP contribution is 2.83. The average molecular weight is 731 g/mol. The van der Waals surface area contributed by atoms with Crippen molar-refractivity contribution in [1.82, 2.24) is 0 Å². The van der Waals surface area contributed by atoms with E-state index in [0.717, 1.165) is 11.5 Å². The van der Waals surface area contributed by atoms with Crippen molar-refractivity contribution in [3.8, 4) is 11.5 Å². The molecule has 262 valence electrons. The van der Waals surface area contributed by atoms with E-state index in [-0.39, 0.29) is 5.92 Å². The molecule has 54 heavy (non-hydrogen) atoms. The van der Waals surface area contributed by atoms with Gasteiger partial charge in [-0.25, -0.2) is 0 Å². The second-order valence-electron chi connectivity index (χ2n) is 17.4. The molecule has 0 aromatic heterocycles. The summed E-state index contributed by atoms with van der Waals surface area (Å²) in [6.07, 6.45) is 0. The maximum absolute atomic E-state index is 6.20. The number of methoxy groups -OCH3 is 2. The Morgan fingerprint density at radius 3 is 1.74 bits per heavy atom. The van der Waals surface area contributed by atoms with Crippen molar-refractivity contribution >= 4 is 32.1 Å². The lowest BCUT2D eigenvalue weighted by Gasteiger charge is -2.74. The fourth-order valence-electron chi connectivity index (χ4n) is 13.5. The minimum absolute atomic E-state index is 0.177. The molecule has 0 radical (unpaired) electrons. The number of fused-ring (bicyclic) bond motifs is 2. The Balaban J connectivity index is 1.46. The average Bonchev–Trinajstić information content (AvgIpc) is 3.43. The van der Waals surface area contributed by atoms with E-state index >= 15 is 0 Å². The second kappa shape index (κ2) is 9.73. The van der Waals surface area contributed by atoms with Crippen LogP contribution in [0, 0.1) is 0 Å². The largest absolute Gasteiger partial charge is 0.497 e. The fourth-order valence-corrected chi connectivity index (χ4v) is 21.4. The minimum Gasteiger partial charge on any atom is -0.497 e. The lowest BCUT2D eigenvalue weighted by atomic mass is 9.31. The summed E-state index contributed by atoms with van der Waals surface area (Å²) >= 11 is 0. The third-order valence-electron chi connectivity index (χ3n) is 14.9. The van der Waals surface area contributed by atoms with Crippen LogP contribution in [0.4, 0.5) is 0 Å². The van der Waals surface area contributed by atoms with Crippen LogP contribution in [0.3, 0.4) is 0 Å². The van der Waals surface area contributed by atoms with Gasteiger partial charge in [-0.05, 0) is 85.5 Å². The standard InChI is InChI=1S/C50H42O2Si2/c1-51-31-25-23-30(24-26-31)44-47-50(39-20-12-14-22-42(39)54(47,5)6)37-18-10-9-17-36(37)48(44)38-19-11-13-21-41(38)53(3,4)45-43-33-15-7-8-16-35(33)49(50,46(45)48)40-29-32(52-2)27-28-34(40)43/h7-29,43H,1-6H3/t43-,48-,49-,50+/m1/s1. The van der Waals surface area contributed by atoms with Gasteiger partial charge in [0.1, 0.15) is 27.6 Å². The quantitative estimate of drug-likeness (QED) is 0.169. The predicted octanol–water partition coefficient (Wildman–Crippen LogP) is 9.44. The number of hydrogen-bond acceptors (Lipinski definition) is 2. The first-order valence-electron chi connectivity index (χ1n) is 19.5. The number of rotatable bonds is 3. The van der Waals surface area contributed by atoms with Crippen LogP contribution in [-0.4, -0.2) is 30.4 Å². The van der Waals surface area contributed by atoms with E-state index in [9.17, 15) is 0 Å². The highest BCUT2D eigenvalue weighted by Gasteiger charge is 2.81. The minimum atomic E-state index is -2.42. The molecule has 2 heterocycles. The van der Waals surface area contributed by atoms with E-state index < -0.39 is 32.4 Å². The van der Waals surface area contributed by atoms with Gasteiger partial charge < -0.3 is 9.47 Å². The zero-order valence-electron chi connectivity index (χ0n) is 31.7. The SMILES string of the molecule is COc1ccc(C2=C3[C@]4(c5ccccc5[C@]25C2=C([C@@H]6c7ccccc7[C@@]24c2cc(OC)ccc26)[Si](C)(C)c2ccccc25)c2ccccc2[Si]3(C)C)cc1. The van der Waals surface area contributed by atoms with Gasteiger partial charge in [-0.15, -0.1) is 0 Å². The molecule has 2 nitrogen and oxygen atoms in total. The number of ether oxygens (including phenoxy) is 2. The van der Waals surface area contributed by atoms with E-state index in [1.54, 1.807) is 33.4 Å². The normalized spacial score (nSPS) is 27.3. The smallest absolute Gasteiger partial charge is 0.119 e. The third kappa shape index (κ3) is 2.94. The van der Waals surface area contributed by atoms with E-state index in [1.165, 1.54) is 55.6 Å². The highest BCUT2D eigenvalue weighted by atomic mass is 28.3. The molecule has 0 amide bonds. The van der Waals surface area contributed by atoms with Gasteiger partial charge >= 0.3 is 0 Å². The number of hydrogen-bond donors (Lipinski definition) is 0. The molecular formula is C50H42O2Si2. The van der Waals surface area contributed by atoms with Crippen LogP contribution in [0.25, 0.3) is 5.57 Å². The van der Waals surface area contributed by atoms with Crippen molar-refractivity contribution in [1.29, 1.82) is 0 Å². The molecule has 0 saturated carbocycles. The summed E-state index contributed by atoms with van der Waals surface area (Å²) in [5.41, 5.74) is 14.9. The van der Waals surface area contributed by atoms with Gasteiger partial charge in [0.25, 0.3) is 0 Å². The predicted molar refractivity (Wildman–Crippen MR) is 224 cm³/mol. The van der Waals surface area contributed by atoms with E-state index in [4.69, 9.17) is 9.47 Å². The van der Waals surface area contributed by atoms with E-state index in [0.29, 0.717) is 0 Å². The summed E-state index contributed by atoms with van der Waals surface area (Å²) in [4.78, 5) is 0. The van der Waals surface area contributed by atoms with E-state index in [2.05, 4.69) is 166 Å². The lowest BCUT2D eigenvalue weighted by Crippen LogP contribution is -2.73. The van der Waals surface area contributed by atoms with Gasteiger partial charge in [-0.1, -0.05) is 162 Å². The van der Waals surface area contributed by atoms with Crippen LogP contribution in [-0.2, 0) is 16.2 Å². The topological polar surface area (TPSA) is 18.5 Å². The summed E-state index contributed by atoms with van der Waals surface area (Å²) in [5.74, 6) is 2.01. The molecule has 0 unspecified atom stereocenters. The van der Waals surface area contributed by atoms with Gasteiger partial charge in [0.15, 0.2) is 0 Å². The van der Waals surface area contributed by atoms with Crippen LogP contribution in [0.1, 0.15) is 56.0 Å². The monoisotopic (exact) mass is 730 g/mol. The molecule has 6 aliphatic carbocycles. The first-order chi connectivity index (χ1) is 26.2. The molecule has 0 fully saturated rings. The van der Waals surface area contributed by atoms with Crippen LogP contribution in [0.15, 0.2) is 155 Å². The summed E-state index contributed by atoms with van der Waals surface area (Å²) in [6, 6.07) is 54.9. The van der Waals surface area contributed by atoms with Crippen molar-refractivity contribution in [2.24, 2.45) is 0 Å². The number of benzene rings is 6. The summed E-state index contributed by atoms with van der Waals surface area (Å²) in [7, 11) is -1.13. The van der Waals surface area contributed by atoms with Crippen LogP contribution < -0.4 is 19.8 Å². The molecule has 0 N–H and O–H groups in total. The Kier molecular flexibility index (Phi) is 5.62.